The number of pyridine rings is 1. The Labute approximate surface area is 161 Å². The van der Waals surface area contributed by atoms with E-state index in [4.69, 9.17) is 4.74 Å². The molecule has 0 atom stereocenters. The molecule has 0 radical (unpaired) electrons. The Balaban J connectivity index is 1.26. The minimum Gasteiger partial charge on any atom is -0.378 e. The van der Waals surface area contributed by atoms with Crippen LogP contribution < -0.4 is 15.5 Å². The molecule has 140 valence electrons. The van der Waals surface area contributed by atoms with Crippen molar-refractivity contribution in [2.75, 3.05) is 49.6 Å². The number of carbonyl (C=O) groups is 1. The van der Waals surface area contributed by atoms with Gasteiger partial charge in [0.2, 0.25) is 0 Å². The van der Waals surface area contributed by atoms with E-state index < -0.39 is 0 Å². The highest BCUT2D eigenvalue weighted by atomic mass is 32.1. The van der Waals surface area contributed by atoms with Crippen molar-refractivity contribution < 1.29 is 9.53 Å². The molecule has 0 aliphatic carbocycles. The predicted molar refractivity (Wildman–Crippen MR) is 108 cm³/mol. The summed E-state index contributed by atoms with van der Waals surface area (Å²) in [6.07, 6.45) is 1.75. The minimum absolute atomic E-state index is 0.173. The molecule has 0 unspecified atom stereocenters. The second-order valence-corrected chi connectivity index (χ2v) is 7.02. The lowest BCUT2D eigenvalue weighted by molar-refractivity contribution is 0.0950. The first-order chi connectivity index (χ1) is 13.3. The second kappa shape index (κ2) is 8.32. The molecule has 1 aromatic carbocycles. The zero-order valence-electron chi connectivity index (χ0n) is 14.9. The molecule has 1 aliphatic heterocycles. The smallest absolute Gasteiger partial charge is 0.269 e. The number of hydrogen-bond donors (Lipinski definition) is 2. The maximum absolute atomic E-state index is 12.3. The van der Waals surface area contributed by atoms with E-state index in [-0.39, 0.29) is 5.91 Å². The van der Waals surface area contributed by atoms with Crippen LogP contribution in [0.25, 0.3) is 10.1 Å². The van der Waals surface area contributed by atoms with Gasteiger partial charge in [-0.1, -0.05) is 12.1 Å². The van der Waals surface area contributed by atoms with Crippen molar-refractivity contribution in [1.82, 2.24) is 14.7 Å². The van der Waals surface area contributed by atoms with Crippen LogP contribution in [0, 0.1) is 0 Å². The third-order valence-corrected chi connectivity index (χ3v) is 5.26. The maximum Gasteiger partial charge on any atom is 0.269 e. The monoisotopic (exact) mass is 383 g/mol. The van der Waals surface area contributed by atoms with Gasteiger partial charge in [-0.3, -0.25) is 4.79 Å². The highest BCUT2D eigenvalue weighted by Gasteiger charge is 2.13. The Morgan fingerprint density at radius 1 is 1.15 bits per heavy atom. The molecule has 2 N–H and O–H groups in total. The first-order valence-electron chi connectivity index (χ1n) is 8.96. The SMILES string of the molecule is O=C(NCCNc1nsc2ccccc12)c1ccc(N2CCOCC2)cn1. The number of aromatic nitrogens is 2. The van der Waals surface area contributed by atoms with Gasteiger partial charge in [-0.05, 0) is 35.8 Å². The molecule has 1 fully saturated rings. The zero-order valence-corrected chi connectivity index (χ0v) is 15.7. The molecule has 2 aromatic heterocycles. The Morgan fingerprint density at radius 3 is 2.81 bits per heavy atom. The van der Waals surface area contributed by atoms with E-state index in [1.807, 2.05) is 30.3 Å². The Kier molecular flexibility index (Phi) is 5.45. The van der Waals surface area contributed by atoms with E-state index in [9.17, 15) is 4.79 Å². The summed E-state index contributed by atoms with van der Waals surface area (Å²) < 4.78 is 10.9. The third kappa shape index (κ3) is 4.17. The van der Waals surface area contributed by atoms with Gasteiger partial charge in [0, 0.05) is 31.6 Å². The zero-order chi connectivity index (χ0) is 18.5. The predicted octanol–water partition coefficient (Wildman–Crippen LogP) is 2.37. The molecule has 3 aromatic rings. The van der Waals surface area contributed by atoms with E-state index in [0.717, 1.165) is 47.9 Å². The van der Waals surface area contributed by atoms with Crippen molar-refractivity contribution in [2.24, 2.45) is 0 Å². The quantitative estimate of drug-likeness (QED) is 0.636. The van der Waals surface area contributed by atoms with Gasteiger partial charge in [-0.15, -0.1) is 0 Å². The molecule has 27 heavy (non-hydrogen) atoms. The van der Waals surface area contributed by atoms with E-state index >= 15 is 0 Å². The van der Waals surface area contributed by atoms with Crippen molar-refractivity contribution in [1.29, 1.82) is 0 Å². The van der Waals surface area contributed by atoms with Crippen LogP contribution in [0.15, 0.2) is 42.6 Å². The summed E-state index contributed by atoms with van der Waals surface area (Å²) in [7, 11) is 0. The normalized spacial score (nSPS) is 14.3. The number of carbonyl (C=O) groups excluding carboxylic acids is 1. The van der Waals surface area contributed by atoms with Gasteiger partial charge >= 0.3 is 0 Å². The van der Waals surface area contributed by atoms with E-state index in [1.165, 1.54) is 11.5 Å². The Bertz CT molecular complexity index is 906. The van der Waals surface area contributed by atoms with Crippen LogP contribution >= 0.6 is 11.5 Å². The first kappa shape index (κ1) is 17.7. The highest BCUT2D eigenvalue weighted by Crippen LogP contribution is 2.25. The average Bonchev–Trinajstić information content (AvgIpc) is 3.15. The average molecular weight is 383 g/mol. The molecular formula is C19H21N5O2S. The number of fused-ring (bicyclic) bond motifs is 1. The van der Waals surface area contributed by atoms with Crippen molar-refractivity contribution in [3.05, 3.63) is 48.3 Å². The number of ether oxygens (including phenoxy) is 1. The van der Waals surface area contributed by atoms with Crippen LogP contribution in [-0.2, 0) is 4.74 Å². The van der Waals surface area contributed by atoms with Crippen molar-refractivity contribution in [3.8, 4) is 0 Å². The van der Waals surface area contributed by atoms with Crippen LogP contribution in [0.4, 0.5) is 11.5 Å². The number of anilines is 2. The van der Waals surface area contributed by atoms with Gasteiger partial charge in [0.25, 0.3) is 5.91 Å². The van der Waals surface area contributed by atoms with E-state index in [0.29, 0.717) is 18.8 Å². The van der Waals surface area contributed by atoms with Gasteiger partial charge in [0.15, 0.2) is 0 Å². The van der Waals surface area contributed by atoms with Crippen molar-refractivity contribution in [3.63, 3.8) is 0 Å². The molecule has 1 amide bonds. The lowest BCUT2D eigenvalue weighted by atomic mass is 10.2. The van der Waals surface area contributed by atoms with E-state index in [1.54, 1.807) is 12.3 Å². The largest absolute Gasteiger partial charge is 0.378 e. The number of nitrogens with zero attached hydrogens (tertiary/aromatic N) is 3. The van der Waals surface area contributed by atoms with Crippen LogP contribution in [-0.4, -0.2) is 54.7 Å². The fourth-order valence-electron chi connectivity index (χ4n) is 2.99. The second-order valence-electron chi connectivity index (χ2n) is 6.21. The van der Waals surface area contributed by atoms with Gasteiger partial charge < -0.3 is 20.3 Å². The summed E-state index contributed by atoms with van der Waals surface area (Å²) in [6.45, 7) is 4.25. The highest BCUT2D eigenvalue weighted by molar-refractivity contribution is 7.13. The van der Waals surface area contributed by atoms with Gasteiger partial charge in [0.1, 0.15) is 11.5 Å². The van der Waals surface area contributed by atoms with Gasteiger partial charge in [-0.25, -0.2) is 4.98 Å². The third-order valence-electron chi connectivity index (χ3n) is 4.44. The Morgan fingerprint density at radius 2 is 2.00 bits per heavy atom. The van der Waals surface area contributed by atoms with Crippen LogP contribution in [0.3, 0.4) is 0 Å². The number of rotatable bonds is 6. The number of morpholine rings is 1. The number of nitrogens with one attached hydrogen (secondary N) is 2. The summed E-state index contributed by atoms with van der Waals surface area (Å²) in [5, 5.41) is 7.26. The number of amides is 1. The molecule has 8 heteroatoms. The van der Waals surface area contributed by atoms with Gasteiger partial charge in [0.05, 0.1) is 29.8 Å². The lowest BCUT2D eigenvalue weighted by Gasteiger charge is -2.28. The van der Waals surface area contributed by atoms with Crippen LogP contribution in [0.2, 0.25) is 0 Å². The molecule has 0 spiro atoms. The van der Waals surface area contributed by atoms with Crippen LogP contribution in [0.5, 0.6) is 0 Å². The molecular weight excluding hydrogens is 362 g/mol. The molecule has 1 saturated heterocycles. The van der Waals surface area contributed by atoms with Gasteiger partial charge in [-0.2, -0.15) is 4.37 Å². The van der Waals surface area contributed by atoms with E-state index in [2.05, 4.69) is 24.9 Å². The first-order valence-corrected chi connectivity index (χ1v) is 9.74. The Hall–Kier alpha value is -2.71. The molecule has 0 saturated carbocycles. The standard InChI is InChI=1S/C19H21N5O2S/c25-19(16-6-5-14(13-22-16)24-9-11-26-12-10-24)21-8-7-20-18-15-3-1-2-4-17(15)27-23-18/h1-6,13H,7-12H2,(H,20,23)(H,21,25). The van der Waals surface area contributed by atoms with Crippen molar-refractivity contribution >= 4 is 39.0 Å². The summed E-state index contributed by atoms with van der Waals surface area (Å²) in [4.78, 5) is 18.8. The topological polar surface area (TPSA) is 79.4 Å². The number of hydrogen-bond acceptors (Lipinski definition) is 7. The molecule has 7 nitrogen and oxygen atoms in total. The maximum atomic E-state index is 12.3. The molecule has 0 bridgehead atoms. The lowest BCUT2D eigenvalue weighted by Crippen LogP contribution is -2.36. The summed E-state index contributed by atoms with van der Waals surface area (Å²) in [5.74, 6) is 0.686. The number of benzene rings is 1. The summed E-state index contributed by atoms with van der Waals surface area (Å²) in [6, 6.07) is 11.8. The van der Waals surface area contributed by atoms with Crippen LogP contribution in [0.1, 0.15) is 10.5 Å². The molecule has 1 aliphatic rings. The summed E-state index contributed by atoms with van der Waals surface area (Å²) >= 11 is 1.47. The fourth-order valence-corrected chi connectivity index (χ4v) is 3.74. The van der Waals surface area contributed by atoms with Crippen molar-refractivity contribution in [2.45, 2.75) is 0 Å². The summed E-state index contributed by atoms with van der Waals surface area (Å²) in [5.41, 5.74) is 1.44. The minimum atomic E-state index is -0.173. The molecule has 4 rings (SSSR count). The molecule has 3 heterocycles. The fraction of sp³-hybridized carbons (Fsp3) is 0.316.